The van der Waals surface area contributed by atoms with Crippen molar-refractivity contribution in [3.8, 4) is 22.9 Å². The molecule has 0 aliphatic carbocycles. The zero-order valence-electron chi connectivity index (χ0n) is 31.9. The molecule has 0 aliphatic heterocycles. The smallest absolute Gasteiger partial charge is 0.320 e. The molecule has 0 amide bonds. The number of halogens is 2. The van der Waals surface area contributed by atoms with Crippen molar-refractivity contribution in [2.75, 3.05) is 25.7 Å². The number of aromatic nitrogens is 4. The van der Waals surface area contributed by atoms with Gasteiger partial charge in [-0.1, -0.05) is 57.2 Å². The highest BCUT2D eigenvalue weighted by atomic mass is 32.2. The highest BCUT2D eigenvalue weighted by Crippen LogP contribution is 2.40. The Morgan fingerprint density at radius 1 is 0.982 bits per heavy atom. The maximum absolute atomic E-state index is 15.7. The molecule has 0 fully saturated rings. The van der Waals surface area contributed by atoms with Crippen LogP contribution in [-0.2, 0) is 47.8 Å². The molecule has 0 spiro atoms. The van der Waals surface area contributed by atoms with Crippen LogP contribution in [0.1, 0.15) is 69.0 Å². The number of rotatable bonds is 17. The molecule has 1 unspecified atom stereocenters. The molecule has 14 heteroatoms. The molecule has 0 bridgehead atoms. The third-order valence-corrected chi connectivity index (χ3v) is 11.7. The second-order valence-corrected chi connectivity index (χ2v) is 16.7. The van der Waals surface area contributed by atoms with E-state index < -0.39 is 44.0 Å². The molecule has 0 saturated heterocycles. The van der Waals surface area contributed by atoms with E-state index in [4.69, 9.17) is 19.6 Å². The summed E-state index contributed by atoms with van der Waals surface area (Å²) in [6.07, 6.45) is 5.30. The van der Waals surface area contributed by atoms with Crippen LogP contribution < -0.4 is 4.74 Å². The summed E-state index contributed by atoms with van der Waals surface area (Å²) >= 11 is 0. The van der Waals surface area contributed by atoms with Crippen LogP contribution in [0.25, 0.3) is 28.4 Å². The van der Waals surface area contributed by atoms with E-state index in [2.05, 4.69) is 16.3 Å². The minimum absolute atomic E-state index is 0.0565. The fourth-order valence-electron chi connectivity index (χ4n) is 6.88. The predicted octanol–water partition coefficient (Wildman–Crippen LogP) is 7.87. The Balaban J connectivity index is 1.50. The lowest BCUT2D eigenvalue weighted by Crippen LogP contribution is -2.30. The van der Waals surface area contributed by atoms with Crippen molar-refractivity contribution in [3.63, 3.8) is 0 Å². The van der Waals surface area contributed by atoms with Crippen LogP contribution in [-0.4, -0.2) is 65.8 Å². The Labute approximate surface area is 319 Å². The maximum atomic E-state index is 15.7. The third-order valence-electron chi connectivity index (χ3n) is 9.78. The standard InChI is InChI=1S/C41H46F2N4O7S/c1-8-29-30-17-20-44-34(30)23-33(43)37(29)54-28-14-15-32(42)31(22-28)38-45-39(46-47(38)5)41(4,27-12-9-11-26(21-27)13-16-35(48)52-6)19-10-18-40(2,3)25-55(50,51)24-36(49)53-7/h8-9,11-12,14-15,17,20-23,44H,1,10,13,16,18-19,24-25H2,2-7H3. The molecule has 5 aromatic rings. The van der Waals surface area contributed by atoms with E-state index in [9.17, 15) is 18.0 Å². The van der Waals surface area contributed by atoms with Gasteiger partial charge in [-0.25, -0.2) is 26.9 Å². The van der Waals surface area contributed by atoms with Gasteiger partial charge in [-0.3, -0.25) is 9.59 Å². The molecule has 5 rings (SSSR count). The van der Waals surface area contributed by atoms with Gasteiger partial charge in [0.2, 0.25) is 0 Å². The van der Waals surface area contributed by atoms with Crippen LogP contribution in [0.3, 0.4) is 0 Å². The minimum atomic E-state index is -3.73. The second-order valence-electron chi connectivity index (χ2n) is 14.6. The van der Waals surface area contributed by atoms with E-state index in [-0.39, 0.29) is 41.0 Å². The molecule has 55 heavy (non-hydrogen) atoms. The first-order valence-electron chi connectivity index (χ1n) is 17.7. The Hall–Kier alpha value is -5.37. The van der Waals surface area contributed by atoms with Gasteiger partial charge in [-0.2, -0.15) is 5.10 Å². The molecule has 3 aromatic carbocycles. The maximum Gasteiger partial charge on any atom is 0.320 e. The molecule has 2 aromatic heterocycles. The van der Waals surface area contributed by atoms with Crippen LogP contribution in [0.15, 0.2) is 67.4 Å². The molecule has 292 valence electrons. The number of hydrogen-bond donors (Lipinski definition) is 1. The fourth-order valence-corrected chi connectivity index (χ4v) is 8.79. The number of aromatic amines is 1. The van der Waals surface area contributed by atoms with Crippen LogP contribution in [0.5, 0.6) is 11.5 Å². The van der Waals surface area contributed by atoms with Crippen LogP contribution in [0.2, 0.25) is 0 Å². The summed E-state index contributed by atoms with van der Waals surface area (Å²) in [4.78, 5) is 31.6. The number of benzene rings is 3. The highest BCUT2D eigenvalue weighted by Gasteiger charge is 2.36. The molecule has 0 radical (unpaired) electrons. The lowest BCUT2D eigenvalue weighted by molar-refractivity contribution is -0.140. The quantitative estimate of drug-likeness (QED) is 0.0934. The first-order chi connectivity index (χ1) is 26.0. The second kappa shape index (κ2) is 16.6. The number of carbonyl (C=O) groups excluding carboxylic acids is 2. The van der Waals surface area contributed by atoms with Crippen molar-refractivity contribution in [3.05, 3.63) is 102 Å². The Morgan fingerprint density at radius 2 is 1.73 bits per heavy atom. The normalized spacial score (nSPS) is 13.0. The third kappa shape index (κ3) is 9.48. The molecule has 0 saturated carbocycles. The number of carbonyl (C=O) groups is 2. The lowest BCUT2D eigenvalue weighted by Gasteiger charge is -2.30. The number of nitrogens with zero attached hydrogens (tertiary/aromatic N) is 3. The summed E-state index contributed by atoms with van der Waals surface area (Å²) in [7, 11) is 0.408. The summed E-state index contributed by atoms with van der Waals surface area (Å²) in [6, 6.07) is 14.9. The molecule has 1 N–H and O–H groups in total. The largest absolute Gasteiger partial charge is 0.469 e. The van der Waals surface area contributed by atoms with E-state index in [0.717, 1.165) is 18.2 Å². The number of H-pyrrole nitrogens is 1. The van der Waals surface area contributed by atoms with Crippen molar-refractivity contribution < 1.29 is 41.0 Å². The number of sulfone groups is 1. The Morgan fingerprint density at radius 3 is 2.44 bits per heavy atom. The van der Waals surface area contributed by atoms with E-state index >= 15 is 8.78 Å². The summed E-state index contributed by atoms with van der Waals surface area (Å²) < 4.78 is 73.4. The van der Waals surface area contributed by atoms with Crippen molar-refractivity contribution in [2.24, 2.45) is 12.5 Å². The van der Waals surface area contributed by atoms with Crippen LogP contribution in [0, 0.1) is 17.0 Å². The fraction of sp³-hybridized carbons (Fsp3) is 0.366. The number of nitrogens with one attached hydrogen (secondary N) is 1. The van der Waals surface area contributed by atoms with Crippen molar-refractivity contribution >= 4 is 38.8 Å². The number of fused-ring (bicyclic) bond motifs is 1. The first-order valence-corrected chi connectivity index (χ1v) is 19.6. The van der Waals surface area contributed by atoms with Crippen LogP contribution >= 0.6 is 0 Å². The van der Waals surface area contributed by atoms with Gasteiger partial charge in [0.25, 0.3) is 0 Å². The van der Waals surface area contributed by atoms with Gasteiger partial charge >= 0.3 is 11.9 Å². The first kappa shape index (κ1) is 40.8. The average molecular weight is 777 g/mol. The van der Waals surface area contributed by atoms with E-state index in [0.29, 0.717) is 48.0 Å². The lowest BCUT2D eigenvalue weighted by atomic mass is 9.75. The van der Waals surface area contributed by atoms with Crippen molar-refractivity contribution in [1.29, 1.82) is 0 Å². The summed E-state index contributed by atoms with van der Waals surface area (Å²) in [5.41, 5.74) is 1.28. The van der Waals surface area contributed by atoms with E-state index in [1.807, 2.05) is 45.0 Å². The van der Waals surface area contributed by atoms with Gasteiger partial charge < -0.3 is 19.2 Å². The highest BCUT2D eigenvalue weighted by molar-refractivity contribution is 7.92. The number of methoxy groups -OCH3 is 2. The number of hydrogen-bond acceptors (Lipinski definition) is 9. The van der Waals surface area contributed by atoms with Gasteiger partial charge in [0, 0.05) is 42.2 Å². The van der Waals surface area contributed by atoms with Gasteiger partial charge in [0.05, 0.1) is 31.0 Å². The van der Waals surface area contributed by atoms with Crippen LogP contribution in [0.4, 0.5) is 8.78 Å². The van der Waals surface area contributed by atoms with Gasteiger partial charge in [-0.15, -0.1) is 0 Å². The van der Waals surface area contributed by atoms with E-state index in [1.165, 1.54) is 42.1 Å². The molecular formula is C41H46F2N4O7S. The van der Waals surface area contributed by atoms with Gasteiger partial charge in [0.15, 0.2) is 33.1 Å². The Kier molecular flexibility index (Phi) is 12.3. The summed E-state index contributed by atoms with van der Waals surface area (Å²) in [5.74, 6) is -2.58. The minimum Gasteiger partial charge on any atom is -0.469 e. The number of ether oxygens (including phenoxy) is 3. The molecule has 11 nitrogen and oxygen atoms in total. The summed E-state index contributed by atoms with van der Waals surface area (Å²) in [5, 5.41) is 5.51. The number of aryl methyl sites for hydroxylation is 2. The Bertz CT molecular complexity index is 2330. The van der Waals surface area contributed by atoms with E-state index in [1.54, 1.807) is 19.3 Å². The van der Waals surface area contributed by atoms with Gasteiger partial charge in [0.1, 0.15) is 17.3 Å². The van der Waals surface area contributed by atoms with Crippen molar-refractivity contribution in [1.82, 2.24) is 19.7 Å². The molecule has 1 atom stereocenters. The molecular weight excluding hydrogens is 731 g/mol. The molecule has 0 aliphatic rings. The zero-order chi connectivity index (χ0) is 40.1. The monoisotopic (exact) mass is 776 g/mol. The summed E-state index contributed by atoms with van der Waals surface area (Å²) in [6.45, 7) is 9.47. The van der Waals surface area contributed by atoms with Gasteiger partial charge in [-0.05, 0) is 67.0 Å². The number of esters is 2. The predicted molar refractivity (Wildman–Crippen MR) is 206 cm³/mol. The zero-order valence-corrected chi connectivity index (χ0v) is 32.7. The van der Waals surface area contributed by atoms with Crippen molar-refractivity contribution in [2.45, 2.75) is 58.3 Å². The SMILES string of the molecule is C=Cc1c(Oc2ccc(F)c(-c3nc(C(C)(CCCC(C)(C)CS(=O)(=O)CC(=O)OC)c4cccc(CCC(=O)OC)c4)nn3C)c2)c(F)cc2[nH]ccc12. The average Bonchev–Trinajstić information content (AvgIpc) is 3.77. The topological polar surface area (TPSA) is 142 Å². The molecule has 2 heterocycles.